The van der Waals surface area contributed by atoms with Crippen LogP contribution in [0.4, 0.5) is 4.39 Å². The second kappa shape index (κ2) is 6.71. The molecule has 0 aliphatic heterocycles. The third-order valence-electron chi connectivity index (χ3n) is 4.41. The Bertz CT molecular complexity index is 1160. The second-order valence-electron chi connectivity index (χ2n) is 6.12. The molecule has 8 heteroatoms. The summed E-state index contributed by atoms with van der Waals surface area (Å²) in [6.45, 7) is 1.73. The van der Waals surface area contributed by atoms with Crippen LogP contribution in [0.2, 0.25) is 0 Å². The van der Waals surface area contributed by atoms with Crippen molar-refractivity contribution in [2.75, 3.05) is 6.86 Å². The predicted molar refractivity (Wildman–Crippen MR) is 99.8 cm³/mol. The summed E-state index contributed by atoms with van der Waals surface area (Å²) < 4.78 is 22.1. The number of pyridine rings is 1. The van der Waals surface area contributed by atoms with E-state index in [9.17, 15) is 9.18 Å². The van der Waals surface area contributed by atoms with Crippen LogP contribution >= 0.6 is 0 Å². The Kier molecular flexibility index (Phi) is 4.23. The molecule has 4 aromatic rings. The van der Waals surface area contributed by atoms with Crippen LogP contribution in [0.3, 0.4) is 0 Å². The molecule has 0 fully saturated rings. The van der Waals surface area contributed by atoms with Crippen molar-refractivity contribution in [2.24, 2.45) is 7.05 Å². The largest absolute Gasteiger partial charge is 0.463 e. The molecule has 1 aromatic carbocycles. The minimum Gasteiger partial charge on any atom is -0.463 e. The Balaban J connectivity index is 1.95. The first-order chi connectivity index (χ1) is 13.1. The Morgan fingerprint density at radius 1 is 1.15 bits per heavy atom. The van der Waals surface area contributed by atoms with Crippen molar-refractivity contribution in [2.45, 2.75) is 13.5 Å². The molecule has 7 nitrogen and oxygen atoms in total. The molecule has 0 radical (unpaired) electrons. The number of aromatic nitrogens is 5. The maximum atomic E-state index is 13.0. The summed E-state index contributed by atoms with van der Waals surface area (Å²) in [5.41, 5.74) is 2.57. The smallest absolute Gasteiger partial charge is 0.283 e. The van der Waals surface area contributed by atoms with Gasteiger partial charge in [0.25, 0.3) is 5.56 Å². The van der Waals surface area contributed by atoms with Crippen LogP contribution in [0.15, 0.2) is 53.8 Å². The molecule has 0 saturated carbocycles. The molecule has 138 valence electrons. The molecule has 0 saturated heterocycles. The first-order valence-corrected chi connectivity index (χ1v) is 8.51. The van der Waals surface area contributed by atoms with Crippen molar-refractivity contribution in [3.8, 4) is 22.6 Å². The molecular weight excluding hydrogens is 349 g/mol. The zero-order valence-electron chi connectivity index (χ0n) is 15.0. The average Bonchev–Trinajstić information content (AvgIpc) is 3.30. The first-order valence-electron chi connectivity index (χ1n) is 8.51. The fourth-order valence-corrected chi connectivity index (χ4v) is 3.06. The Morgan fingerprint density at radius 2 is 1.93 bits per heavy atom. The van der Waals surface area contributed by atoms with Crippen molar-refractivity contribution in [3.63, 3.8) is 0 Å². The highest BCUT2D eigenvalue weighted by Crippen LogP contribution is 2.27. The number of hydrogen-bond donors (Lipinski definition) is 0. The number of nitrogens with zero attached hydrogens (tertiary/aromatic N) is 5. The van der Waals surface area contributed by atoms with Gasteiger partial charge in [0.1, 0.15) is 5.75 Å². The molecule has 0 bridgehead atoms. The number of benzene rings is 1. The summed E-state index contributed by atoms with van der Waals surface area (Å²) in [4.78, 5) is 13.0. The van der Waals surface area contributed by atoms with Crippen LogP contribution in [-0.2, 0) is 13.6 Å². The molecule has 0 aliphatic rings. The molecule has 4 rings (SSSR count). The van der Waals surface area contributed by atoms with Crippen LogP contribution in [-0.4, -0.2) is 31.0 Å². The van der Waals surface area contributed by atoms with Gasteiger partial charge in [-0.2, -0.15) is 10.2 Å². The fourth-order valence-electron chi connectivity index (χ4n) is 3.06. The number of alkyl halides is 1. The molecule has 3 heterocycles. The van der Waals surface area contributed by atoms with Gasteiger partial charge < -0.3 is 4.74 Å². The SMILES string of the molecule is CCn1cc2c(-c3cnn(C)c3)cn(-c3ccc(OCF)cc3)c(=O)c2n1. The van der Waals surface area contributed by atoms with E-state index in [1.165, 1.54) is 4.57 Å². The maximum absolute atomic E-state index is 13.0. The number of rotatable bonds is 5. The summed E-state index contributed by atoms with van der Waals surface area (Å²) >= 11 is 0. The monoisotopic (exact) mass is 367 g/mol. The summed E-state index contributed by atoms with van der Waals surface area (Å²) in [5.74, 6) is 0.401. The number of halogens is 1. The van der Waals surface area contributed by atoms with Gasteiger partial charge in [-0.05, 0) is 31.2 Å². The normalized spacial score (nSPS) is 11.2. The molecule has 0 amide bonds. The number of fused-ring (bicyclic) bond motifs is 1. The highest BCUT2D eigenvalue weighted by molar-refractivity contribution is 5.93. The summed E-state index contributed by atoms with van der Waals surface area (Å²) in [5, 5.41) is 9.45. The van der Waals surface area contributed by atoms with Crippen LogP contribution < -0.4 is 10.3 Å². The molecule has 0 unspecified atom stereocenters. The van der Waals surface area contributed by atoms with Crippen molar-refractivity contribution in [3.05, 3.63) is 59.4 Å². The third kappa shape index (κ3) is 2.99. The third-order valence-corrected chi connectivity index (χ3v) is 4.41. The van der Waals surface area contributed by atoms with E-state index in [0.717, 1.165) is 16.5 Å². The topological polar surface area (TPSA) is 66.9 Å². The number of hydrogen-bond acceptors (Lipinski definition) is 4. The van der Waals surface area contributed by atoms with Gasteiger partial charge >= 0.3 is 0 Å². The van der Waals surface area contributed by atoms with Crippen LogP contribution in [0, 0.1) is 0 Å². The zero-order chi connectivity index (χ0) is 19.0. The van der Waals surface area contributed by atoms with Crippen LogP contribution in [0.5, 0.6) is 5.75 Å². The van der Waals surface area contributed by atoms with E-state index in [1.54, 1.807) is 46.0 Å². The van der Waals surface area contributed by atoms with Crippen LogP contribution in [0.1, 0.15) is 6.92 Å². The van der Waals surface area contributed by atoms with Gasteiger partial charge in [-0.25, -0.2) is 4.39 Å². The van der Waals surface area contributed by atoms with E-state index in [-0.39, 0.29) is 5.56 Å². The van der Waals surface area contributed by atoms with Gasteiger partial charge in [-0.3, -0.25) is 18.7 Å². The van der Waals surface area contributed by atoms with E-state index in [4.69, 9.17) is 4.74 Å². The standard InChI is InChI=1S/C19H18FN5O2/c1-3-24-10-17-16(13-8-21-23(2)9-13)11-25(19(26)18(17)22-24)14-4-6-15(7-5-14)27-12-20/h4-11H,3,12H2,1-2H3. The lowest BCUT2D eigenvalue weighted by Gasteiger charge is -2.10. The lowest BCUT2D eigenvalue weighted by molar-refractivity contribution is 0.192. The quantitative estimate of drug-likeness (QED) is 0.544. The average molecular weight is 367 g/mol. The highest BCUT2D eigenvalue weighted by Gasteiger charge is 2.16. The van der Waals surface area contributed by atoms with Gasteiger partial charge in [-0.1, -0.05) is 0 Å². The van der Waals surface area contributed by atoms with Crippen molar-refractivity contribution < 1.29 is 9.13 Å². The lowest BCUT2D eigenvalue weighted by Crippen LogP contribution is -2.18. The van der Waals surface area contributed by atoms with Gasteiger partial charge in [-0.15, -0.1) is 0 Å². The number of aryl methyl sites for hydroxylation is 2. The zero-order valence-corrected chi connectivity index (χ0v) is 15.0. The van der Waals surface area contributed by atoms with Crippen molar-refractivity contribution in [1.29, 1.82) is 0 Å². The van der Waals surface area contributed by atoms with Gasteiger partial charge in [0, 0.05) is 54.4 Å². The minimum absolute atomic E-state index is 0.219. The van der Waals surface area contributed by atoms with Crippen molar-refractivity contribution >= 4 is 10.9 Å². The van der Waals surface area contributed by atoms with E-state index >= 15 is 0 Å². The second-order valence-corrected chi connectivity index (χ2v) is 6.12. The van der Waals surface area contributed by atoms with Crippen LogP contribution in [0.25, 0.3) is 27.7 Å². The highest BCUT2D eigenvalue weighted by atomic mass is 19.1. The molecular formula is C19H18FN5O2. The maximum Gasteiger partial charge on any atom is 0.283 e. The number of ether oxygens (including phenoxy) is 1. The molecule has 3 aromatic heterocycles. The Labute approximate surface area is 154 Å². The molecule has 0 aliphatic carbocycles. The van der Waals surface area contributed by atoms with E-state index in [0.29, 0.717) is 23.5 Å². The van der Waals surface area contributed by atoms with E-state index < -0.39 is 6.86 Å². The summed E-state index contributed by atoms with van der Waals surface area (Å²) in [6.07, 6.45) is 7.31. The van der Waals surface area contributed by atoms with Crippen molar-refractivity contribution in [1.82, 2.24) is 24.1 Å². The fraction of sp³-hybridized carbons (Fsp3) is 0.211. The Hall–Kier alpha value is -3.42. The summed E-state index contributed by atoms with van der Waals surface area (Å²) in [6, 6.07) is 6.67. The molecule has 0 spiro atoms. The van der Waals surface area contributed by atoms with E-state index in [2.05, 4.69) is 10.2 Å². The van der Waals surface area contributed by atoms with Gasteiger partial charge in [0.2, 0.25) is 6.86 Å². The predicted octanol–water partition coefficient (Wildman–Crippen LogP) is 2.91. The molecule has 27 heavy (non-hydrogen) atoms. The lowest BCUT2D eigenvalue weighted by atomic mass is 10.1. The van der Waals surface area contributed by atoms with Gasteiger partial charge in [0.05, 0.1) is 6.20 Å². The Morgan fingerprint density at radius 3 is 2.56 bits per heavy atom. The minimum atomic E-state index is -0.898. The molecule has 0 atom stereocenters. The van der Waals surface area contributed by atoms with E-state index in [1.807, 2.05) is 26.4 Å². The first kappa shape index (κ1) is 17.0. The summed E-state index contributed by atoms with van der Waals surface area (Å²) in [7, 11) is 1.84. The van der Waals surface area contributed by atoms with Gasteiger partial charge in [0.15, 0.2) is 5.52 Å². The molecule has 0 N–H and O–H groups in total.